The molecule has 1 aliphatic carbocycles. The first-order chi connectivity index (χ1) is 11.1. The second-order valence-corrected chi connectivity index (χ2v) is 5.99. The fraction of sp³-hybridized carbons (Fsp3) is 0.500. The fourth-order valence-electron chi connectivity index (χ4n) is 3.06. The monoisotopic (exact) mass is 314 g/mol. The van der Waals surface area contributed by atoms with Gasteiger partial charge in [0.05, 0.1) is 18.7 Å². The number of nitrogens with zero attached hydrogens (tertiary/aromatic N) is 1. The van der Waals surface area contributed by atoms with Crippen molar-refractivity contribution >= 4 is 11.9 Å². The summed E-state index contributed by atoms with van der Waals surface area (Å²) in [6.07, 6.45) is 5.10. The maximum absolute atomic E-state index is 12.3. The number of carbonyl (C=O) groups is 2. The molecule has 0 spiro atoms. The summed E-state index contributed by atoms with van der Waals surface area (Å²) in [5.41, 5.74) is 0.745. The number of nitrogens with one attached hydrogen (secondary N) is 1. The molecule has 0 aromatic heterocycles. The largest absolute Gasteiger partial charge is 0.467 e. The van der Waals surface area contributed by atoms with Crippen molar-refractivity contribution in [2.75, 3.05) is 7.11 Å². The number of ether oxygens (including phenoxy) is 1. The molecule has 1 amide bonds. The number of carbonyl (C=O) groups excluding carboxylic acids is 2. The lowest BCUT2D eigenvalue weighted by molar-refractivity contribution is -0.152. The lowest BCUT2D eigenvalue weighted by atomic mass is 9.81. The second-order valence-electron chi connectivity index (χ2n) is 5.99. The van der Waals surface area contributed by atoms with Gasteiger partial charge in [0.2, 0.25) is 5.91 Å². The molecule has 0 atom stereocenters. The summed E-state index contributed by atoms with van der Waals surface area (Å²) in [5.74, 6) is -0.481. The third-order valence-corrected chi connectivity index (χ3v) is 4.39. The molecule has 23 heavy (non-hydrogen) atoms. The Balaban J connectivity index is 1.93. The number of nitriles is 1. The zero-order valence-corrected chi connectivity index (χ0v) is 13.4. The Labute approximate surface area is 136 Å². The minimum absolute atomic E-state index is 0.137. The van der Waals surface area contributed by atoms with Gasteiger partial charge in [-0.3, -0.25) is 4.79 Å². The van der Waals surface area contributed by atoms with Crippen molar-refractivity contribution in [2.24, 2.45) is 0 Å². The molecule has 0 saturated heterocycles. The zero-order chi connectivity index (χ0) is 16.7. The molecule has 1 N–H and O–H groups in total. The van der Waals surface area contributed by atoms with Crippen LogP contribution in [-0.2, 0) is 20.7 Å². The van der Waals surface area contributed by atoms with Gasteiger partial charge in [-0.2, -0.15) is 5.26 Å². The highest BCUT2D eigenvalue weighted by molar-refractivity contribution is 5.88. The van der Waals surface area contributed by atoms with E-state index in [2.05, 4.69) is 11.4 Å². The molecule has 1 saturated carbocycles. The predicted molar refractivity (Wildman–Crippen MR) is 85.5 cm³/mol. The zero-order valence-electron chi connectivity index (χ0n) is 13.4. The summed E-state index contributed by atoms with van der Waals surface area (Å²) >= 11 is 0. The number of esters is 1. The molecule has 1 fully saturated rings. The van der Waals surface area contributed by atoms with Crippen molar-refractivity contribution in [3.8, 4) is 6.07 Å². The first-order valence-electron chi connectivity index (χ1n) is 7.98. The summed E-state index contributed by atoms with van der Waals surface area (Å²) in [6.45, 7) is 0. The smallest absolute Gasteiger partial charge is 0.331 e. The molecule has 1 aromatic carbocycles. The lowest BCUT2D eigenvalue weighted by Crippen LogP contribution is -2.56. The highest BCUT2D eigenvalue weighted by atomic mass is 16.5. The summed E-state index contributed by atoms with van der Waals surface area (Å²) in [5, 5.41) is 11.7. The normalized spacial score (nSPS) is 16.2. The van der Waals surface area contributed by atoms with Crippen LogP contribution in [0.15, 0.2) is 24.3 Å². The fourth-order valence-corrected chi connectivity index (χ4v) is 3.06. The van der Waals surface area contributed by atoms with E-state index in [0.717, 1.165) is 24.8 Å². The van der Waals surface area contributed by atoms with E-state index in [9.17, 15) is 9.59 Å². The van der Waals surface area contributed by atoms with Gasteiger partial charge in [0.15, 0.2) is 0 Å². The number of rotatable bonds is 5. The van der Waals surface area contributed by atoms with Crippen LogP contribution in [0.4, 0.5) is 0 Å². The van der Waals surface area contributed by atoms with E-state index in [0.29, 0.717) is 31.2 Å². The number of hydrogen-bond acceptors (Lipinski definition) is 4. The second kappa shape index (κ2) is 7.77. The molecule has 122 valence electrons. The molecule has 1 aliphatic rings. The van der Waals surface area contributed by atoms with Crippen LogP contribution >= 0.6 is 0 Å². The summed E-state index contributed by atoms with van der Waals surface area (Å²) in [6, 6.07) is 9.25. The maximum atomic E-state index is 12.3. The van der Waals surface area contributed by atoms with Gasteiger partial charge in [-0.1, -0.05) is 31.4 Å². The maximum Gasteiger partial charge on any atom is 0.331 e. The van der Waals surface area contributed by atoms with Crippen LogP contribution in [0.3, 0.4) is 0 Å². The molecule has 2 rings (SSSR count). The first kappa shape index (κ1) is 17.0. The van der Waals surface area contributed by atoms with E-state index in [1.807, 2.05) is 12.1 Å². The summed E-state index contributed by atoms with van der Waals surface area (Å²) < 4.78 is 4.90. The standard InChI is InChI=1S/C18H22N2O3/c1-23-17(22)18(11-3-2-4-12-18)20-16(21)10-9-14-5-7-15(13-19)8-6-14/h5-8H,2-4,9-12H2,1H3,(H,20,21). The van der Waals surface area contributed by atoms with Crippen LogP contribution < -0.4 is 5.32 Å². The Kier molecular flexibility index (Phi) is 5.75. The van der Waals surface area contributed by atoms with Gasteiger partial charge < -0.3 is 10.1 Å². The highest BCUT2D eigenvalue weighted by Crippen LogP contribution is 2.29. The van der Waals surface area contributed by atoms with Gasteiger partial charge in [-0.05, 0) is 37.0 Å². The number of hydrogen-bond donors (Lipinski definition) is 1. The molecule has 0 bridgehead atoms. The van der Waals surface area contributed by atoms with Crippen LogP contribution in [-0.4, -0.2) is 24.5 Å². The Morgan fingerprint density at radius 1 is 1.22 bits per heavy atom. The number of aryl methyl sites for hydroxylation is 1. The molecule has 5 heteroatoms. The minimum Gasteiger partial charge on any atom is -0.467 e. The van der Waals surface area contributed by atoms with Crippen molar-refractivity contribution in [2.45, 2.75) is 50.5 Å². The molecular weight excluding hydrogens is 292 g/mol. The predicted octanol–water partition coefficient (Wildman–Crippen LogP) is 2.48. The average molecular weight is 314 g/mol. The summed E-state index contributed by atoms with van der Waals surface area (Å²) in [4.78, 5) is 24.4. The third-order valence-electron chi connectivity index (χ3n) is 4.39. The Hall–Kier alpha value is -2.35. The summed E-state index contributed by atoms with van der Waals surface area (Å²) in [7, 11) is 1.36. The van der Waals surface area contributed by atoms with E-state index >= 15 is 0 Å². The van der Waals surface area contributed by atoms with Gasteiger partial charge in [0.25, 0.3) is 0 Å². The Morgan fingerprint density at radius 3 is 2.43 bits per heavy atom. The number of benzene rings is 1. The third kappa shape index (κ3) is 4.32. The molecule has 5 nitrogen and oxygen atoms in total. The molecular formula is C18H22N2O3. The van der Waals surface area contributed by atoms with Crippen molar-refractivity contribution in [3.05, 3.63) is 35.4 Å². The van der Waals surface area contributed by atoms with Crippen molar-refractivity contribution in [1.82, 2.24) is 5.32 Å². The van der Waals surface area contributed by atoms with Crippen molar-refractivity contribution in [1.29, 1.82) is 5.26 Å². The Bertz CT molecular complexity index is 596. The first-order valence-corrected chi connectivity index (χ1v) is 7.98. The molecule has 0 heterocycles. The molecule has 1 aromatic rings. The van der Waals surface area contributed by atoms with Crippen LogP contribution in [0, 0.1) is 11.3 Å². The van der Waals surface area contributed by atoms with E-state index in [-0.39, 0.29) is 11.9 Å². The molecule has 0 radical (unpaired) electrons. The molecule has 0 unspecified atom stereocenters. The van der Waals surface area contributed by atoms with Crippen molar-refractivity contribution < 1.29 is 14.3 Å². The lowest BCUT2D eigenvalue weighted by Gasteiger charge is -2.35. The quantitative estimate of drug-likeness (QED) is 0.847. The average Bonchev–Trinajstić information content (AvgIpc) is 2.60. The Morgan fingerprint density at radius 2 is 1.87 bits per heavy atom. The van der Waals surface area contributed by atoms with Gasteiger partial charge in [0, 0.05) is 6.42 Å². The van der Waals surface area contributed by atoms with E-state index in [1.54, 1.807) is 12.1 Å². The minimum atomic E-state index is -0.852. The van der Waals surface area contributed by atoms with Crippen molar-refractivity contribution in [3.63, 3.8) is 0 Å². The molecule has 0 aliphatic heterocycles. The van der Waals surface area contributed by atoms with Crippen LogP contribution in [0.2, 0.25) is 0 Å². The highest BCUT2D eigenvalue weighted by Gasteiger charge is 2.41. The van der Waals surface area contributed by atoms with Crippen LogP contribution in [0.1, 0.15) is 49.7 Å². The van der Waals surface area contributed by atoms with Crippen LogP contribution in [0.5, 0.6) is 0 Å². The van der Waals surface area contributed by atoms with E-state index in [1.165, 1.54) is 7.11 Å². The van der Waals surface area contributed by atoms with Gasteiger partial charge >= 0.3 is 5.97 Å². The van der Waals surface area contributed by atoms with Crippen LogP contribution in [0.25, 0.3) is 0 Å². The van der Waals surface area contributed by atoms with Gasteiger partial charge in [-0.15, -0.1) is 0 Å². The van der Waals surface area contributed by atoms with E-state index < -0.39 is 5.54 Å². The number of amides is 1. The topological polar surface area (TPSA) is 79.2 Å². The SMILES string of the molecule is COC(=O)C1(NC(=O)CCc2ccc(C#N)cc2)CCCCC1. The van der Waals surface area contributed by atoms with Gasteiger partial charge in [-0.25, -0.2) is 4.79 Å². The van der Waals surface area contributed by atoms with E-state index in [4.69, 9.17) is 10.00 Å². The number of methoxy groups -OCH3 is 1. The van der Waals surface area contributed by atoms with Gasteiger partial charge in [0.1, 0.15) is 5.54 Å².